The Hall–Kier alpha value is -8.33. The zero-order valence-corrected chi connectivity index (χ0v) is 35.0. The number of hydrogen-bond acceptors (Lipinski definition) is 2. The molecule has 64 heavy (non-hydrogen) atoms. The SMILES string of the molecule is c1ccc(-c2ccc(-c3c4ccccc4c(-c4ccc(-c5cccc6c5-c5ccccc5C65c6ccccc6N(c6ccccc6)c6ccccc65)cn4)c4ccccc34)cc2)cc1. The number of anilines is 3. The Balaban J connectivity index is 0.973. The van der Waals surface area contributed by atoms with Gasteiger partial charge in [0.05, 0.1) is 22.5 Å². The first-order chi connectivity index (χ1) is 31.8. The van der Waals surface area contributed by atoms with Crippen LogP contribution in [-0.2, 0) is 5.41 Å². The van der Waals surface area contributed by atoms with Gasteiger partial charge in [0.2, 0.25) is 0 Å². The number of aromatic nitrogens is 1. The first kappa shape index (κ1) is 36.3. The Morgan fingerprint density at radius 2 is 0.766 bits per heavy atom. The minimum Gasteiger partial charge on any atom is -0.310 e. The maximum atomic E-state index is 5.37. The second-order valence-electron chi connectivity index (χ2n) is 16.9. The molecule has 2 heterocycles. The quantitative estimate of drug-likeness (QED) is 0.161. The summed E-state index contributed by atoms with van der Waals surface area (Å²) in [5.74, 6) is 0. The third-order valence-electron chi connectivity index (χ3n) is 13.7. The van der Waals surface area contributed by atoms with Gasteiger partial charge in [-0.2, -0.15) is 0 Å². The summed E-state index contributed by atoms with van der Waals surface area (Å²) in [6.45, 7) is 0. The number of hydrogen-bond donors (Lipinski definition) is 0. The van der Waals surface area contributed by atoms with E-state index in [-0.39, 0.29) is 0 Å². The molecule has 0 amide bonds. The highest BCUT2D eigenvalue weighted by molar-refractivity contribution is 6.21. The molecule has 1 spiro atoms. The summed E-state index contributed by atoms with van der Waals surface area (Å²) in [6.07, 6.45) is 2.10. The molecule has 0 bridgehead atoms. The Bertz CT molecular complexity index is 3490. The van der Waals surface area contributed by atoms with Crippen molar-refractivity contribution in [3.8, 4) is 55.8 Å². The molecule has 0 radical (unpaired) electrons. The number of benzene rings is 10. The first-order valence-corrected chi connectivity index (χ1v) is 22.1. The van der Waals surface area contributed by atoms with Gasteiger partial charge in [-0.15, -0.1) is 0 Å². The third kappa shape index (κ3) is 5.23. The lowest BCUT2D eigenvalue weighted by atomic mass is 9.64. The fourth-order valence-electron chi connectivity index (χ4n) is 11.1. The maximum Gasteiger partial charge on any atom is 0.0754 e. The summed E-state index contributed by atoms with van der Waals surface area (Å²) in [4.78, 5) is 7.80. The minimum atomic E-state index is -0.519. The summed E-state index contributed by atoms with van der Waals surface area (Å²) >= 11 is 0. The Kier molecular flexibility index (Phi) is 8.16. The molecular weight excluding hydrogens is 773 g/mol. The van der Waals surface area contributed by atoms with E-state index in [4.69, 9.17) is 4.98 Å². The molecule has 1 aliphatic carbocycles. The summed E-state index contributed by atoms with van der Waals surface area (Å²) in [6, 6.07) is 86.5. The molecule has 2 nitrogen and oxygen atoms in total. The molecule has 0 saturated carbocycles. The van der Waals surface area contributed by atoms with Crippen LogP contribution >= 0.6 is 0 Å². The zero-order valence-electron chi connectivity index (χ0n) is 35.0. The maximum absolute atomic E-state index is 5.37. The van der Waals surface area contributed by atoms with Crippen molar-refractivity contribution in [2.45, 2.75) is 5.41 Å². The van der Waals surface area contributed by atoms with Crippen LogP contribution in [0.1, 0.15) is 22.3 Å². The van der Waals surface area contributed by atoms with Crippen molar-refractivity contribution in [1.29, 1.82) is 0 Å². The molecule has 11 aromatic rings. The van der Waals surface area contributed by atoms with Crippen LogP contribution in [-0.4, -0.2) is 4.98 Å². The second-order valence-corrected chi connectivity index (χ2v) is 16.9. The lowest BCUT2D eigenvalue weighted by molar-refractivity contribution is 0.753. The Morgan fingerprint density at radius 1 is 0.297 bits per heavy atom. The zero-order chi connectivity index (χ0) is 42.2. The molecular formula is C62H40N2. The van der Waals surface area contributed by atoms with Gasteiger partial charge in [0.25, 0.3) is 0 Å². The molecule has 1 aromatic heterocycles. The van der Waals surface area contributed by atoms with Crippen LogP contribution in [0, 0.1) is 0 Å². The molecule has 2 aliphatic rings. The average molecular weight is 813 g/mol. The summed E-state index contributed by atoms with van der Waals surface area (Å²) in [7, 11) is 0. The standard InChI is InChI=1S/C62H40N2/c1-3-18-41(19-4-1)42-34-36-43(37-35-42)59-47-22-7-9-24-49(47)61(50-25-10-8-23-48(50)59)56-39-38-44(40-63-56)46-27-17-31-55-60(46)51-26-11-12-28-52(51)62(55)53-29-13-15-32-57(53)64(45-20-5-2-6-21-45)58-33-16-14-30-54(58)62/h1-40H. The van der Waals surface area contributed by atoms with E-state index in [0.29, 0.717) is 0 Å². The van der Waals surface area contributed by atoms with E-state index in [2.05, 4.69) is 248 Å². The number of nitrogens with zero attached hydrogens (tertiary/aromatic N) is 2. The largest absolute Gasteiger partial charge is 0.310 e. The molecule has 0 saturated heterocycles. The summed E-state index contributed by atoms with van der Waals surface area (Å²) in [5.41, 5.74) is 20.0. The van der Waals surface area contributed by atoms with Gasteiger partial charge in [0.15, 0.2) is 0 Å². The van der Waals surface area contributed by atoms with Gasteiger partial charge >= 0.3 is 0 Å². The number of fused-ring (bicyclic) bond motifs is 11. The highest BCUT2D eigenvalue weighted by Crippen LogP contribution is 2.64. The molecule has 0 N–H and O–H groups in total. The minimum absolute atomic E-state index is 0.519. The van der Waals surface area contributed by atoms with Gasteiger partial charge in [-0.25, -0.2) is 0 Å². The molecule has 298 valence electrons. The number of para-hydroxylation sites is 3. The van der Waals surface area contributed by atoms with Crippen molar-refractivity contribution in [2.24, 2.45) is 0 Å². The van der Waals surface area contributed by atoms with E-state index in [1.807, 2.05) is 0 Å². The molecule has 13 rings (SSSR count). The molecule has 2 heteroatoms. The Labute approximate surface area is 373 Å². The van der Waals surface area contributed by atoms with Crippen molar-refractivity contribution in [3.05, 3.63) is 265 Å². The van der Waals surface area contributed by atoms with E-state index in [1.165, 1.54) is 94.1 Å². The van der Waals surface area contributed by atoms with Gasteiger partial charge in [0.1, 0.15) is 0 Å². The topological polar surface area (TPSA) is 16.1 Å². The smallest absolute Gasteiger partial charge is 0.0754 e. The van der Waals surface area contributed by atoms with Crippen LogP contribution in [0.5, 0.6) is 0 Å². The number of pyridine rings is 1. The summed E-state index contributed by atoms with van der Waals surface area (Å²) < 4.78 is 0. The Morgan fingerprint density at radius 3 is 1.39 bits per heavy atom. The van der Waals surface area contributed by atoms with Crippen molar-refractivity contribution in [2.75, 3.05) is 4.90 Å². The van der Waals surface area contributed by atoms with E-state index in [9.17, 15) is 0 Å². The lowest BCUT2D eigenvalue weighted by Gasteiger charge is -2.45. The average Bonchev–Trinajstić information content (AvgIpc) is 3.67. The van der Waals surface area contributed by atoms with Crippen LogP contribution < -0.4 is 4.90 Å². The molecule has 10 aromatic carbocycles. The van der Waals surface area contributed by atoms with Crippen molar-refractivity contribution < 1.29 is 0 Å². The summed E-state index contributed by atoms with van der Waals surface area (Å²) in [5, 5.41) is 4.82. The fraction of sp³-hybridized carbons (Fsp3) is 0.0161. The van der Waals surface area contributed by atoms with Gasteiger partial charge in [-0.1, -0.05) is 206 Å². The van der Waals surface area contributed by atoms with E-state index in [1.54, 1.807) is 0 Å². The predicted molar refractivity (Wildman–Crippen MR) is 267 cm³/mol. The predicted octanol–water partition coefficient (Wildman–Crippen LogP) is 16.2. The van der Waals surface area contributed by atoms with Crippen molar-refractivity contribution >= 4 is 38.6 Å². The van der Waals surface area contributed by atoms with Gasteiger partial charge in [0, 0.05) is 23.0 Å². The van der Waals surface area contributed by atoms with Gasteiger partial charge in [-0.05, 0) is 113 Å². The van der Waals surface area contributed by atoms with Gasteiger partial charge in [-0.3, -0.25) is 4.98 Å². The van der Waals surface area contributed by atoms with Crippen LogP contribution in [0.25, 0.3) is 77.3 Å². The molecule has 0 atom stereocenters. The number of rotatable bonds is 5. The monoisotopic (exact) mass is 812 g/mol. The molecule has 1 aliphatic heterocycles. The lowest BCUT2D eigenvalue weighted by Crippen LogP contribution is -2.36. The van der Waals surface area contributed by atoms with Crippen LogP contribution in [0.3, 0.4) is 0 Å². The van der Waals surface area contributed by atoms with Crippen LogP contribution in [0.2, 0.25) is 0 Å². The van der Waals surface area contributed by atoms with Crippen molar-refractivity contribution in [3.63, 3.8) is 0 Å². The normalized spacial score (nSPS) is 13.1. The molecule has 0 unspecified atom stereocenters. The fourth-order valence-corrected chi connectivity index (χ4v) is 11.1. The molecule has 0 fully saturated rings. The van der Waals surface area contributed by atoms with E-state index in [0.717, 1.165) is 22.5 Å². The van der Waals surface area contributed by atoms with Crippen LogP contribution in [0.15, 0.2) is 243 Å². The van der Waals surface area contributed by atoms with Crippen molar-refractivity contribution in [1.82, 2.24) is 4.98 Å². The van der Waals surface area contributed by atoms with E-state index < -0.39 is 5.41 Å². The third-order valence-corrected chi connectivity index (χ3v) is 13.7. The highest BCUT2D eigenvalue weighted by atomic mass is 15.2. The second kappa shape index (κ2) is 14.4. The van der Waals surface area contributed by atoms with E-state index >= 15 is 0 Å². The van der Waals surface area contributed by atoms with Gasteiger partial charge < -0.3 is 4.90 Å². The first-order valence-electron chi connectivity index (χ1n) is 22.1. The van der Waals surface area contributed by atoms with Crippen LogP contribution in [0.4, 0.5) is 17.1 Å². The highest BCUT2D eigenvalue weighted by Gasteiger charge is 2.52.